The first-order chi connectivity index (χ1) is 15.8. The number of fused-ring (bicyclic) bond motifs is 1. The Bertz CT molecular complexity index is 824. The molecular formula is C16H16F12I2N2O4. The molecule has 0 spiro atoms. The van der Waals surface area contributed by atoms with Gasteiger partial charge in [-0.25, -0.2) is 0 Å². The number of rotatable bonds is 5. The van der Waals surface area contributed by atoms with Crippen LogP contribution in [0.25, 0.3) is 0 Å². The fraction of sp³-hybridized carbons (Fsp3) is 0.938. The van der Waals surface area contributed by atoms with Crippen molar-refractivity contribution in [1.29, 1.82) is 0 Å². The summed E-state index contributed by atoms with van der Waals surface area (Å²) in [7, 11) is 0. The Balaban J connectivity index is 2.04. The number of hydrogen-bond donors (Lipinski definition) is 4. The molecule has 2 aliphatic heterocycles. The molecule has 3 rings (SSSR count). The summed E-state index contributed by atoms with van der Waals surface area (Å²) in [6.07, 6.45) is -34.1. The zero-order valence-corrected chi connectivity index (χ0v) is 21.7. The predicted molar refractivity (Wildman–Crippen MR) is 110 cm³/mol. The summed E-state index contributed by atoms with van der Waals surface area (Å²) < 4.78 is 169. The first-order valence-corrected chi connectivity index (χ1v) is 14.0. The number of carbonyl (C=O) groups is 1. The molecule has 3 unspecified atom stereocenters. The van der Waals surface area contributed by atoms with E-state index in [0.717, 1.165) is 0 Å². The standard InChI is InChI=1S/C16H16F12I2N2O4/c1-9(29,16-30(31-16)32-16)8(33)36-7-3-5(10(34,12(17,18)19)13(20,21)22)2-6(4-7)11(35,14(23,24)25)15(26,27)28/h5-7,31-32,34-35H,2-4H2,1H3. The van der Waals surface area contributed by atoms with Crippen LogP contribution >= 0.6 is 43.0 Å². The van der Waals surface area contributed by atoms with Crippen molar-refractivity contribution in [2.24, 2.45) is 11.8 Å². The number of alkyl halides is 14. The Morgan fingerprint density at radius 3 is 1.36 bits per heavy atom. The number of nitrogens with one attached hydrogen (secondary N) is 2. The van der Waals surface area contributed by atoms with Gasteiger partial charge in [-0.3, -0.25) is 0 Å². The van der Waals surface area contributed by atoms with E-state index in [9.17, 15) is 67.7 Å². The van der Waals surface area contributed by atoms with Crippen molar-refractivity contribution in [2.75, 3.05) is 0 Å². The molecule has 0 aromatic heterocycles. The normalized spacial score (nSPS) is 29.8. The summed E-state index contributed by atoms with van der Waals surface area (Å²) in [4.78, 5) is 12.6. The van der Waals surface area contributed by atoms with E-state index < -0.39 is 107 Å². The average Bonchev–Trinajstić information content (AvgIpc) is 3.53. The Kier molecular flexibility index (Phi) is 7.16. The second-order valence-corrected chi connectivity index (χ2v) is 15.3. The predicted octanol–water partition coefficient (Wildman–Crippen LogP) is 4.42. The van der Waals surface area contributed by atoms with Crippen LogP contribution in [0, 0.1) is 11.8 Å². The van der Waals surface area contributed by atoms with Crippen molar-refractivity contribution in [3.05, 3.63) is 0 Å². The van der Waals surface area contributed by atoms with E-state index in [0.29, 0.717) is 0 Å². The average molecular weight is 782 g/mol. The van der Waals surface area contributed by atoms with Crippen LogP contribution in [0.3, 0.4) is 0 Å². The van der Waals surface area contributed by atoms with Gasteiger partial charge in [0.1, 0.15) is 0 Å². The molecule has 212 valence electrons. The van der Waals surface area contributed by atoms with Gasteiger partial charge in [0.15, 0.2) is 0 Å². The van der Waals surface area contributed by atoms with Gasteiger partial charge in [-0.15, -0.1) is 0 Å². The number of carbonyl (C=O) groups excluding carboxylic acids is 1. The number of hydrogen-bond acceptors (Lipinski definition) is 6. The fourth-order valence-corrected chi connectivity index (χ4v) is 12.0. The minimum atomic E-state index is -6.59. The van der Waals surface area contributed by atoms with E-state index in [-0.39, 0.29) is 0 Å². The molecule has 20 heteroatoms. The monoisotopic (exact) mass is 782 g/mol. The van der Waals surface area contributed by atoms with Gasteiger partial charge >= 0.3 is 216 Å². The summed E-state index contributed by atoms with van der Waals surface area (Å²) in [6, 6.07) is 0. The molecule has 2 saturated heterocycles. The summed E-state index contributed by atoms with van der Waals surface area (Å²) in [5, 5.41) is 19.4. The van der Waals surface area contributed by atoms with Crippen LogP contribution in [0.5, 0.6) is 0 Å². The van der Waals surface area contributed by atoms with Crippen LogP contribution in [0.15, 0.2) is 0 Å². The molecular weight excluding hydrogens is 766 g/mol. The van der Waals surface area contributed by atoms with E-state index >= 15 is 0 Å². The maximum absolute atomic E-state index is 13.4. The topological polar surface area (TPSA) is 111 Å². The molecule has 1 aliphatic carbocycles. The van der Waals surface area contributed by atoms with E-state index in [4.69, 9.17) is 4.74 Å². The van der Waals surface area contributed by atoms with Gasteiger partial charge < -0.3 is 0 Å². The summed E-state index contributed by atoms with van der Waals surface area (Å²) in [5.74, 6) is -8.09. The molecule has 0 radical (unpaired) electrons. The molecule has 4 N–H and O–H groups in total. The Hall–Kier alpha value is -0.0700. The molecule has 3 fully saturated rings. The van der Waals surface area contributed by atoms with Crippen molar-refractivity contribution >= 4 is 48.9 Å². The molecule has 0 aromatic carbocycles. The molecule has 1 saturated carbocycles. The van der Waals surface area contributed by atoms with Crippen molar-refractivity contribution in [2.45, 2.75) is 75.3 Å². The van der Waals surface area contributed by atoms with Gasteiger partial charge in [0.2, 0.25) is 0 Å². The van der Waals surface area contributed by atoms with Gasteiger partial charge in [0, 0.05) is 0 Å². The fourth-order valence-electron chi connectivity index (χ4n) is 4.27. The first kappa shape index (κ1) is 30.5. The quantitative estimate of drug-likeness (QED) is 0.0627. The SMILES string of the molecule is CC(I)(C(=O)OC1CC(C(O)(C(F)(F)F)C(F)(F)F)CC(C(O)(C(F)(F)F)C(F)(F)F)C1)C12NI1N2. The molecule has 36 heavy (non-hydrogen) atoms. The molecule has 0 amide bonds. The number of aliphatic hydroxyl groups is 2. The van der Waals surface area contributed by atoms with Crippen LogP contribution in [0.1, 0.15) is 26.2 Å². The summed E-state index contributed by atoms with van der Waals surface area (Å²) in [6.45, 7) is 1.24. The maximum atomic E-state index is 13.4. The second-order valence-electron chi connectivity index (χ2n) is 8.79. The summed E-state index contributed by atoms with van der Waals surface area (Å²) in [5.41, 5.74) is -11.5. The van der Waals surface area contributed by atoms with E-state index in [1.807, 2.05) is 0 Å². The molecule has 3 aliphatic rings. The third-order valence-electron chi connectivity index (χ3n) is 6.54. The van der Waals surface area contributed by atoms with Gasteiger partial charge in [-0.05, 0) is 0 Å². The van der Waals surface area contributed by atoms with E-state index in [1.54, 1.807) is 0 Å². The van der Waals surface area contributed by atoms with E-state index in [1.165, 1.54) is 29.5 Å². The molecule has 3 atom stereocenters. The number of esters is 1. The minimum absolute atomic E-state index is 0.917. The second kappa shape index (κ2) is 8.46. The van der Waals surface area contributed by atoms with Crippen LogP contribution < -0.4 is 7.06 Å². The Labute approximate surface area is 215 Å². The van der Waals surface area contributed by atoms with E-state index in [2.05, 4.69) is 7.06 Å². The van der Waals surface area contributed by atoms with Crippen LogP contribution in [0.4, 0.5) is 52.7 Å². The zero-order valence-electron chi connectivity index (χ0n) is 17.4. The van der Waals surface area contributed by atoms with Gasteiger partial charge in [0.05, 0.1) is 0 Å². The van der Waals surface area contributed by atoms with Crippen molar-refractivity contribution in [3.8, 4) is 0 Å². The Morgan fingerprint density at radius 1 is 0.806 bits per heavy atom. The molecule has 2 heterocycles. The number of ether oxygens (including phenoxy) is 1. The zero-order chi connectivity index (χ0) is 28.1. The van der Waals surface area contributed by atoms with Crippen LogP contribution in [-0.4, -0.2) is 65.3 Å². The van der Waals surface area contributed by atoms with Crippen molar-refractivity contribution in [3.63, 3.8) is 0 Å². The van der Waals surface area contributed by atoms with Crippen molar-refractivity contribution in [1.82, 2.24) is 7.06 Å². The third kappa shape index (κ3) is 4.45. The third-order valence-corrected chi connectivity index (χ3v) is 13.7. The Morgan fingerprint density at radius 2 is 1.11 bits per heavy atom. The number of halogens is 14. The molecule has 6 nitrogen and oxygen atoms in total. The molecule has 0 bridgehead atoms. The van der Waals surface area contributed by atoms with Crippen LogP contribution in [-0.2, 0) is 9.53 Å². The first-order valence-electron chi connectivity index (χ1n) is 9.64. The van der Waals surface area contributed by atoms with Gasteiger partial charge in [0.25, 0.3) is 0 Å². The van der Waals surface area contributed by atoms with Gasteiger partial charge in [-0.1, -0.05) is 0 Å². The van der Waals surface area contributed by atoms with Crippen molar-refractivity contribution < 1.29 is 72.4 Å². The summed E-state index contributed by atoms with van der Waals surface area (Å²) >= 11 is -0.398. The van der Waals surface area contributed by atoms with Gasteiger partial charge in [-0.2, -0.15) is 0 Å². The molecule has 0 aromatic rings. The van der Waals surface area contributed by atoms with Crippen LogP contribution in [0.2, 0.25) is 0 Å².